The third kappa shape index (κ3) is 5.45. The maximum absolute atomic E-state index is 10.9. The first-order valence-electron chi connectivity index (χ1n) is 4.90. The average Bonchev–Trinajstić information content (AvgIpc) is 2.16. The lowest BCUT2D eigenvalue weighted by Crippen LogP contribution is -2.22. The summed E-state index contributed by atoms with van der Waals surface area (Å²) in [5.41, 5.74) is 0. The van der Waals surface area contributed by atoms with Gasteiger partial charge in [0, 0.05) is 6.42 Å². The van der Waals surface area contributed by atoms with Crippen molar-refractivity contribution in [3.63, 3.8) is 0 Å². The molecule has 0 radical (unpaired) electrons. The topological polar surface area (TPSA) is 71.4 Å². The molecule has 0 unspecified atom stereocenters. The second-order valence-corrected chi connectivity index (χ2v) is 3.22. The first-order valence-corrected chi connectivity index (χ1v) is 4.90. The van der Waals surface area contributed by atoms with Gasteiger partial charge < -0.3 is 5.11 Å². The van der Waals surface area contributed by atoms with Gasteiger partial charge in [0.25, 0.3) is 0 Å². The molecule has 0 atom stereocenters. The van der Waals surface area contributed by atoms with Crippen molar-refractivity contribution in [1.29, 1.82) is 0 Å². The third-order valence-electron chi connectivity index (χ3n) is 1.95. The van der Waals surface area contributed by atoms with Crippen LogP contribution in [0.1, 0.15) is 45.4 Å². The van der Waals surface area contributed by atoms with E-state index in [1.165, 1.54) is 0 Å². The van der Waals surface area contributed by atoms with E-state index in [-0.39, 0.29) is 6.42 Å². The van der Waals surface area contributed by atoms with E-state index in [0.29, 0.717) is 6.42 Å². The van der Waals surface area contributed by atoms with Crippen molar-refractivity contribution in [3.05, 3.63) is 0 Å². The first kappa shape index (κ1) is 12.8. The minimum atomic E-state index is -1.65. The number of rotatable bonds is 8. The largest absolute Gasteiger partial charge is 0.475 e. The van der Waals surface area contributed by atoms with E-state index in [1.54, 1.807) is 0 Å². The lowest BCUT2D eigenvalue weighted by Gasteiger charge is -1.97. The molecule has 14 heavy (non-hydrogen) atoms. The van der Waals surface area contributed by atoms with Crippen LogP contribution in [-0.4, -0.2) is 22.6 Å². The Morgan fingerprint density at radius 2 is 1.57 bits per heavy atom. The minimum absolute atomic E-state index is 0.0643. The number of Topliss-reactive ketones (excluding diaryl/α,β-unsaturated/α-hetero) is 2. The van der Waals surface area contributed by atoms with Gasteiger partial charge in [0.15, 0.2) is 0 Å². The van der Waals surface area contributed by atoms with E-state index < -0.39 is 17.5 Å². The zero-order chi connectivity index (χ0) is 11.0. The summed E-state index contributed by atoms with van der Waals surface area (Å²) in [4.78, 5) is 31.6. The summed E-state index contributed by atoms with van der Waals surface area (Å²) in [6, 6.07) is 0. The van der Waals surface area contributed by atoms with Gasteiger partial charge in [0.05, 0.1) is 0 Å². The summed E-state index contributed by atoms with van der Waals surface area (Å²) in [6.07, 6.45) is 4.81. The van der Waals surface area contributed by atoms with Gasteiger partial charge in [0.2, 0.25) is 5.78 Å². The highest BCUT2D eigenvalue weighted by atomic mass is 16.4. The molecule has 0 saturated heterocycles. The Labute approximate surface area is 83.3 Å². The summed E-state index contributed by atoms with van der Waals surface area (Å²) in [5, 5.41) is 8.22. The highest BCUT2D eigenvalue weighted by Crippen LogP contribution is 2.05. The monoisotopic (exact) mass is 200 g/mol. The molecular weight excluding hydrogens is 184 g/mol. The molecule has 0 aliphatic carbocycles. The van der Waals surface area contributed by atoms with Crippen LogP contribution in [0.4, 0.5) is 0 Å². The van der Waals surface area contributed by atoms with Crippen molar-refractivity contribution < 1.29 is 19.5 Å². The molecular formula is C10H16O4. The van der Waals surface area contributed by atoms with Gasteiger partial charge in [-0.25, -0.2) is 4.79 Å². The van der Waals surface area contributed by atoms with Gasteiger partial charge >= 0.3 is 11.8 Å². The van der Waals surface area contributed by atoms with Crippen LogP contribution >= 0.6 is 0 Å². The van der Waals surface area contributed by atoms with E-state index in [1.807, 2.05) is 0 Å². The fourth-order valence-electron chi connectivity index (χ4n) is 1.12. The number of hydrogen-bond donors (Lipinski definition) is 1. The summed E-state index contributed by atoms with van der Waals surface area (Å²) in [7, 11) is 0. The Hall–Kier alpha value is -1.19. The van der Waals surface area contributed by atoms with E-state index in [0.717, 1.165) is 25.7 Å². The van der Waals surface area contributed by atoms with E-state index >= 15 is 0 Å². The number of hydrogen-bond acceptors (Lipinski definition) is 3. The number of unbranched alkanes of at least 4 members (excludes halogenated alkanes) is 4. The van der Waals surface area contributed by atoms with Crippen molar-refractivity contribution in [2.24, 2.45) is 0 Å². The molecule has 0 amide bonds. The summed E-state index contributed by atoms with van der Waals surface area (Å²) < 4.78 is 0. The second kappa shape index (κ2) is 7.24. The SMILES string of the molecule is CCCCCCCC(=O)C(=O)C(=O)O. The zero-order valence-corrected chi connectivity index (χ0v) is 8.41. The summed E-state index contributed by atoms with van der Waals surface area (Å²) in [5.74, 6) is -3.72. The highest BCUT2D eigenvalue weighted by molar-refractivity contribution is 6.61. The molecule has 0 aliphatic rings. The van der Waals surface area contributed by atoms with Crippen LogP contribution in [0.25, 0.3) is 0 Å². The Kier molecular flexibility index (Phi) is 6.62. The lowest BCUT2D eigenvalue weighted by molar-refractivity contribution is -0.152. The fraction of sp³-hybridized carbons (Fsp3) is 0.700. The molecule has 0 fully saturated rings. The number of carbonyl (C=O) groups is 3. The van der Waals surface area contributed by atoms with Gasteiger partial charge in [-0.3, -0.25) is 9.59 Å². The minimum Gasteiger partial charge on any atom is -0.475 e. The molecule has 1 N–H and O–H groups in total. The number of ketones is 2. The molecule has 0 rings (SSSR count). The maximum Gasteiger partial charge on any atom is 0.380 e. The molecule has 0 aromatic rings. The van der Waals surface area contributed by atoms with Gasteiger partial charge in [-0.1, -0.05) is 32.6 Å². The molecule has 0 bridgehead atoms. The van der Waals surface area contributed by atoms with Crippen molar-refractivity contribution >= 4 is 17.5 Å². The highest BCUT2D eigenvalue weighted by Gasteiger charge is 2.20. The standard InChI is InChI=1S/C10H16O4/c1-2-3-4-5-6-7-8(11)9(12)10(13)14/h2-7H2,1H3,(H,13,14). The van der Waals surface area contributed by atoms with Crippen LogP contribution in [0.3, 0.4) is 0 Å². The van der Waals surface area contributed by atoms with Gasteiger partial charge in [-0.15, -0.1) is 0 Å². The molecule has 0 aromatic heterocycles. The Bertz CT molecular complexity index is 220. The molecule has 4 heteroatoms. The van der Waals surface area contributed by atoms with Gasteiger partial charge in [0.1, 0.15) is 0 Å². The number of carbonyl (C=O) groups excluding carboxylic acids is 2. The Morgan fingerprint density at radius 3 is 2.07 bits per heavy atom. The number of carboxylic acids is 1. The molecule has 0 aliphatic heterocycles. The van der Waals surface area contributed by atoms with E-state index in [2.05, 4.69) is 6.92 Å². The van der Waals surface area contributed by atoms with Crippen LogP contribution in [0.5, 0.6) is 0 Å². The Balaban J connectivity index is 3.54. The van der Waals surface area contributed by atoms with Crippen LogP contribution in [0, 0.1) is 0 Å². The lowest BCUT2D eigenvalue weighted by atomic mass is 10.1. The van der Waals surface area contributed by atoms with Gasteiger partial charge in [-0.05, 0) is 6.42 Å². The van der Waals surface area contributed by atoms with E-state index in [9.17, 15) is 14.4 Å². The maximum atomic E-state index is 10.9. The van der Waals surface area contributed by atoms with Crippen molar-refractivity contribution in [2.45, 2.75) is 45.4 Å². The van der Waals surface area contributed by atoms with Crippen LogP contribution in [0.15, 0.2) is 0 Å². The quantitative estimate of drug-likeness (QED) is 0.366. The van der Waals surface area contributed by atoms with Crippen molar-refractivity contribution in [2.75, 3.05) is 0 Å². The van der Waals surface area contributed by atoms with Gasteiger partial charge in [-0.2, -0.15) is 0 Å². The van der Waals surface area contributed by atoms with Crippen LogP contribution in [-0.2, 0) is 14.4 Å². The number of carboxylic acid groups (broad SMARTS) is 1. The predicted molar refractivity (Wildman–Crippen MR) is 51.0 cm³/mol. The summed E-state index contributed by atoms with van der Waals surface area (Å²) in [6.45, 7) is 2.08. The van der Waals surface area contributed by atoms with Crippen molar-refractivity contribution in [3.8, 4) is 0 Å². The molecule has 0 saturated carbocycles. The van der Waals surface area contributed by atoms with Crippen LogP contribution in [0.2, 0.25) is 0 Å². The molecule has 0 aromatic carbocycles. The smallest absolute Gasteiger partial charge is 0.380 e. The zero-order valence-electron chi connectivity index (χ0n) is 8.41. The molecule has 0 spiro atoms. The first-order chi connectivity index (χ1) is 6.59. The third-order valence-corrected chi connectivity index (χ3v) is 1.95. The van der Waals surface area contributed by atoms with Crippen molar-refractivity contribution in [1.82, 2.24) is 0 Å². The van der Waals surface area contributed by atoms with E-state index in [4.69, 9.17) is 5.11 Å². The normalized spacial score (nSPS) is 9.79. The number of aliphatic carboxylic acids is 1. The molecule has 4 nitrogen and oxygen atoms in total. The average molecular weight is 200 g/mol. The molecule has 0 heterocycles. The second-order valence-electron chi connectivity index (χ2n) is 3.22. The Morgan fingerprint density at radius 1 is 1.00 bits per heavy atom. The molecule has 80 valence electrons. The van der Waals surface area contributed by atoms with Crippen LogP contribution < -0.4 is 0 Å². The summed E-state index contributed by atoms with van der Waals surface area (Å²) >= 11 is 0. The predicted octanol–water partition coefficient (Wildman–Crippen LogP) is 1.57. The fourth-order valence-corrected chi connectivity index (χ4v) is 1.12.